The Kier molecular flexibility index (Phi) is 8.04. The maximum atomic E-state index is 13.0. The van der Waals surface area contributed by atoms with Crippen LogP contribution in [0.5, 0.6) is 5.75 Å². The Labute approximate surface area is 208 Å². The molecule has 4 rings (SSSR count). The molecule has 2 amide bonds. The quantitative estimate of drug-likeness (QED) is 0.225. The van der Waals surface area contributed by atoms with Crippen LogP contribution in [0, 0.1) is 0 Å². The lowest BCUT2D eigenvalue weighted by Gasteiger charge is -2.12. The third-order valence-electron chi connectivity index (χ3n) is 5.04. The summed E-state index contributed by atoms with van der Waals surface area (Å²) in [5, 5.41) is 5.53. The number of nitrogens with one attached hydrogen (secondary N) is 2. The van der Waals surface area contributed by atoms with Crippen LogP contribution in [0.4, 0.5) is 5.69 Å². The van der Waals surface area contributed by atoms with Crippen LogP contribution in [0.2, 0.25) is 0 Å². The Morgan fingerprint density at radius 2 is 1.66 bits per heavy atom. The highest BCUT2D eigenvalue weighted by atomic mass is 32.2. The van der Waals surface area contributed by atoms with Gasteiger partial charge in [0.1, 0.15) is 17.2 Å². The minimum atomic E-state index is -0.463. The average molecular weight is 485 g/mol. The molecule has 0 fully saturated rings. The zero-order valence-corrected chi connectivity index (χ0v) is 19.9. The zero-order chi connectivity index (χ0) is 24.5. The van der Waals surface area contributed by atoms with E-state index >= 15 is 0 Å². The van der Waals surface area contributed by atoms with Gasteiger partial charge in [0.25, 0.3) is 11.8 Å². The molecule has 7 heteroatoms. The fourth-order valence-corrected chi connectivity index (χ4v) is 4.05. The summed E-state index contributed by atoms with van der Waals surface area (Å²) in [6, 6.07) is 27.8. The molecule has 0 saturated heterocycles. The number of hydrogen-bond acceptors (Lipinski definition) is 5. The van der Waals surface area contributed by atoms with Gasteiger partial charge in [0.2, 0.25) is 0 Å². The number of ether oxygens (including phenoxy) is 1. The zero-order valence-electron chi connectivity index (χ0n) is 19.1. The van der Waals surface area contributed by atoms with E-state index in [4.69, 9.17) is 9.15 Å². The summed E-state index contributed by atoms with van der Waals surface area (Å²) in [5.74, 6) is 1.01. The lowest BCUT2D eigenvalue weighted by atomic mass is 10.2. The normalized spacial score (nSPS) is 11.1. The summed E-state index contributed by atoms with van der Waals surface area (Å²) < 4.78 is 10.5. The number of hydrogen-bond donors (Lipinski definition) is 2. The number of thioether (sulfide) groups is 1. The molecule has 176 valence electrons. The number of amides is 2. The van der Waals surface area contributed by atoms with Crippen molar-refractivity contribution in [3.8, 4) is 5.75 Å². The molecule has 2 N–H and O–H groups in total. The monoisotopic (exact) mass is 484 g/mol. The molecule has 0 aliphatic heterocycles. The fraction of sp³-hybridized carbons (Fsp3) is 0.0714. The van der Waals surface area contributed by atoms with Crippen molar-refractivity contribution in [2.24, 2.45) is 0 Å². The van der Waals surface area contributed by atoms with E-state index in [-0.39, 0.29) is 5.70 Å². The summed E-state index contributed by atoms with van der Waals surface area (Å²) in [7, 11) is 1.55. The molecule has 6 nitrogen and oxygen atoms in total. The number of carbonyl (C=O) groups excluding carboxylic acids is 2. The van der Waals surface area contributed by atoms with E-state index in [1.54, 1.807) is 55.3 Å². The van der Waals surface area contributed by atoms with E-state index < -0.39 is 11.8 Å². The topological polar surface area (TPSA) is 80.6 Å². The number of methoxy groups -OCH3 is 1. The number of benzene rings is 3. The van der Waals surface area contributed by atoms with Crippen molar-refractivity contribution in [2.75, 3.05) is 12.4 Å². The van der Waals surface area contributed by atoms with Gasteiger partial charge >= 0.3 is 0 Å². The molecule has 3 aromatic carbocycles. The van der Waals surface area contributed by atoms with Crippen molar-refractivity contribution in [1.29, 1.82) is 0 Å². The summed E-state index contributed by atoms with van der Waals surface area (Å²) in [6.45, 7) is 0. The summed E-state index contributed by atoms with van der Waals surface area (Å²) in [6.07, 6.45) is 2.99. The van der Waals surface area contributed by atoms with Crippen LogP contribution in [0.1, 0.15) is 21.7 Å². The fourth-order valence-electron chi connectivity index (χ4n) is 3.18. The number of furan rings is 1. The van der Waals surface area contributed by atoms with Crippen molar-refractivity contribution in [2.45, 2.75) is 10.6 Å². The molecule has 0 atom stereocenters. The number of rotatable bonds is 9. The molecular weight excluding hydrogens is 460 g/mol. The van der Waals surface area contributed by atoms with Gasteiger partial charge in [0.15, 0.2) is 0 Å². The average Bonchev–Trinajstić information content (AvgIpc) is 3.42. The van der Waals surface area contributed by atoms with Gasteiger partial charge < -0.3 is 19.8 Å². The van der Waals surface area contributed by atoms with E-state index in [1.165, 1.54) is 17.2 Å². The molecule has 35 heavy (non-hydrogen) atoms. The predicted octanol–water partition coefficient (Wildman–Crippen LogP) is 5.99. The first-order valence-corrected chi connectivity index (χ1v) is 11.9. The predicted molar refractivity (Wildman–Crippen MR) is 138 cm³/mol. The standard InChI is InChI=1S/C28H24N2O4S/c1-33-23-15-11-21(12-16-23)27(31)30-26(18-24-6-5-17-34-24)28(32)29-22-13-9-20(10-14-22)19-35-25-7-3-2-4-8-25/h2-18H,19H2,1H3,(H,29,32)(H,30,31)/b26-18-. The Balaban J connectivity index is 1.43. The van der Waals surface area contributed by atoms with E-state index in [9.17, 15) is 9.59 Å². The van der Waals surface area contributed by atoms with Crippen LogP contribution < -0.4 is 15.4 Å². The lowest BCUT2D eigenvalue weighted by Crippen LogP contribution is -2.30. The molecule has 0 spiro atoms. The number of anilines is 1. The Bertz CT molecular complexity index is 1280. The summed E-state index contributed by atoms with van der Waals surface area (Å²) >= 11 is 1.75. The molecule has 4 aromatic rings. The first kappa shape index (κ1) is 23.9. The van der Waals surface area contributed by atoms with E-state index in [0.717, 1.165) is 11.3 Å². The van der Waals surface area contributed by atoms with Gasteiger partial charge in [-0.25, -0.2) is 0 Å². The Morgan fingerprint density at radius 3 is 2.31 bits per heavy atom. The molecule has 0 bridgehead atoms. The maximum absolute atomic E-state index is 13.0. The molecule has 1 heterocycles. The molecule has 0 aliphatic carbocycles. The summed E-state index contributed by atoms with van der Waals surface area (Å²) in [4.78, 5) is 27.0. The van der Waals surface area contributed by atoms with Gasteiger partial charge in [0.05, 0.1) is 13.4 Å². The summed E-state index contributed by atoms with van der Waals surface area (Å²) in [5.41, 5.74) is 2.21. The first-order valence-electron chi connectivity index (χ1n) is 10.9. The third kappa shape index (κ3) is 6.88. The van der Waals surface area contributed by atoms with Crippen molar-refractivity contribution < 1.29 is 18.7 Å². The van der Waals surface area contributed by atoms with E-state index in [1.807, 2.05) is 42.5 Å². The van der Waals surface area contributed by atoms with Crippen LogP contribution in [-0.4, -0.2) is 18.9 Å². The highest BCUT2D eigenvalue weighted by Crippen LogP contribution is 2.23. The van der Waals surface area contributed by atoms with Gasteiger partial charge in [-0.05, 0) is 66.2 Å². The minimum absolute atomic E-state index is 0.0597. The molecular formula is C28H24N2O4S. The van der Waals surface area contributed by atoms with Crippen LogP contribution in [-0.2, 0) is 10.5 Å². The molecule has 1 aromatic heterocycles. The smallest absolute Gasteiger partial charge is 0.272 e. The Morgan fingerprint density at radius 1 is 0.914 bits per heavy atom. The first-order chi connectivity index (χ1) is 17.1. The highest BCUT2D eigenvalue weighted by Gasteiger charge is 2.16. The van der Waals surface area contributed by atoms with E-state index in [0.29, 0.717) is 22.8 Å². The van der Waals surface area contributed by atoms with Gasteiger partial charge in [-0.15, -0.1) is 11.8 Å². The maximum Gasteiger partial charge on any atom is 0.272 e. The van der Waals surface area contributed by atoms with Crippen molar-refractivity contribution in [3.05, 3.63) is 120 Å². The SMILES string of the molecule is COc1ccc(C(=O)N/C(=C\c2ccco2)C(=O)Nc2ccc(CSc3ccccc3)cc2)cc1. The van der Waals surface area contributed by atoms with Crippen molar-refractivity contribution in [1.82, 2.24) is 5.32 Å². The lowest BCUT2D eigenvalue weighted by molar-refractivity contribution is -0.113. The van der Waals surface area contributed by atoms with Crippen molar-refractivity contribution >= 4 is 35.3 Å². The van der Waals surface area contributed by atoms with Crippen LogP contribution in [0.15, 0.2) is 112 Å². The molecule has 0 aliphatic rings. The largest absolute Gasteiger partial charge is 0.497 e. The second-order valence-corrected chi connectivity index (χ2v) is 8.56. The second kappa shape index (κ2) is 11.8. The second-order valence-electron chi connectivity index (χ2n) is 7.51. The van der Waals surface area contributed by atoms with Crippen LogP contribution in [0.3, 0.4) is 0 Å². The third-order valence-corrected chi connectivity index (χ3v) is 6.12. The van der Waals surface area contributed by atoms with E-state index in [2.05, 4.69) is 22.8 Å². The number of carbonyl (C=O) groups is 2. The van der Waals surface area contributed by atoms with Gasteiger partial charge in [0, 0.05) is 28.0 Å². The van der Waals surface area contributed by atoms with Crippen LogP contribution >= 0.6 is 11.8 Å². The highest BCUT2D eigenvalue weighted by molar-refractivity contribution is 7.98. The molecule has 0 unspecified atom stereocenters. The Hall–Kier alpha value is -4.23. The van der Waals surface area contributed by atoms with Gasteiger partial charge in [-0.3, -0.25) is 9.59 Å². The minimum Gasteiger partial charge on any atom is -0.497 e. The molecule has 0 radical (unpaired) electrons. The van der Waals surface area contributed by atoms with Crippen LogP contribution in [0.25, 0.3) is 6.08 Å². The van der Waals surface area contributed by atoms with Crippen molar-refractivity contribution in [3.63, 3.8) is 0 Å². The van der Waals surface area contributed by atoms with Gasteiger partial charge in [-0.1, -0.05) is 30.3 Å². The molecule has 0 saturated carbocycles. The van der Waals surface area contributed by atoms with Gasteiger partial charge in [-0.2, -0.15) is 0 Å².